The number of nitrogens with zero attached hydrogens (tertiary/aromatic N) is 2. The highest BCUT2D eigenvalue weighted by Gasteiger charge is 2.46. The number of carbonyl (C=O) groups excluding carboxylic acids is 2. The molecule has 8 heteroatoms. The molecule has 226 valence electrons. The van der Waals surface area contributed by atoms with Crippen molar-refractivity contribution in [3.8, 4) is 17.2 Å². The summed E-state index contributed by atoms with van der Waals surface area (Å²) < 4.78 is 17.4. The van der Waals surface area contributed by atoms with Gasteiger partial charge in [0, 0.05) is 31.7 Å². The van der Waals surface area contributed by atoms with Crippen LogP contribution in [0.4, 0.5) is 0 Å². The predicted octanol–water partition coefficient (Wildman–Crippen LogP) is 5.97. The molecule has 2 fully saturated rings. The Morgan fingerprint density at radius 3 is 2.40 bits per heavy atom. The highest BCUT2D eigenvalue weighted by atomic mass is 16.5. The summed E-state index contributed by atoms with van der Waals surface area (Å²) in [5, 5.41) is 11.7. The van der Waals surface area contributed by atoms with Gasteiger partial charge in [0.2, 0.25) is 0 Å². The van der Waals surface area contributed by atoms with Crippen molar-refractivity contribution in [3.05, 3.63) is 95.1 Å². The van der Waals surface area contributed by atoms with Gasteiger partial charge in [-0.3, -0.25) is 14.5 Å². The van der Waals surface area contributed by atoms with E-state index in [0.717, 1.165) is 25.2 Å². The lowest BCUT2D eigenvalue weighted by Gasteiger charge is -2.29. The number of hydrogen-bond donors (Lipinski definition) is 1. The molecule has 0 aliphatic carbocycles. The van der Waals surface area contributed by atoms with Crippen molar-refractivity contribution in [2.45, 2.75) is 33.2 Å². The van der Waals surface area contributed by atoms with Gasteiger partial charge in [-0.05, 0) is 72.9 Å². The van der Waals surface area contributed by atoms with E-state index in [1.54, 1.807) is 17.0 Å². The Balaban J connectivity index is 1.49. The zero-order valence-corrected chi connectivity index (χ0v) is 25.1. The van der Waals surface area contributed by atoms with Gasteiger partial charge >= 0.3 is 0 Å². The lowest BCUT2D eigenvalue weighted by Crippen LogP contribution is -2.38. The van der Waals surface area contributed by atoms with Crippen LogP contribution in [0.25, 0.3) is 5.76 Å². The average Bonchev–Trinajstić information content (AvgIpc) is 3.26. The minimum absolute atomic E-state index is 0.0761. The molecule has 1 amide bonds. The Hall–Kier alpha value is -4.14. The van der Waals surface area contributed by atoms with Gasteiger partial charge in [0.25, 0.3) is 11.7 Å². The molecule has 5 rings (SSSR count). The van der Waals surface area contributed by atoms with E-state index in [2.05, 4.69) is 18.7 Å². The van der Waals surface area contributed by atoms with Gasteiger partial charge < -0.3 is 24.2 Å². The fraction of sp³-hybridized carbons (Fsp3) is 0.371. The number of aliphatic hydroxyl groups is 1. The molecule has 0 aromatic heterocycles. The molecule has 1 atom stereocenters. The Morgan fingerprint density at radius 1 is 0.930 bits per heavy atom. The number of para-hydroxylation sites is 1. The third-order valence-electron chi connectivity index (χ3n) is 7.71. The third-order valence-corrected chi connectivity index (χ3v) is 7.71. The van der Waals surface area contributed by atoms with Crippen LogP contribution < -0.4 is 9.47 Å². The number of ether oxygens (including phenoxy) is 3. The number of amides is 1. The van der Waals surface area contributed by atoms with Crippen LogP contribution in [-0.4, -0.2) is 72.6 Å². The van der Waals surface area contributed by atoms with Gasteiger partial charge in [-0.1, -0.05) is 44.2 Å². The number of benzene rings is 3. The normalized spacial score (nSPS) is 18.8. The van der Waals surface area contributed by atoms with Gasteiger partial charge in [-0.25, -0.2) is 0 Å². The first kappa shape index (κ1) is 30.3. The first-order valence-electron chi connectivity index (χ1n) is 15.0. The fourth-order valence-electron chi connectivity index (χ4n) is 5.52. The molecular weight excluding hydrogens is 544 g/mol. The van der Waals surface area contributed by atoms with Gasteiger partial charge in [0.05, 0.1) is 31.4 Å². The number of rotatable bonds is 11. The highest BCUT2D eigenvalue weighted by molar-refractivity contribution is 6.46. The summed E-state index contributed by atoms with van der Waals surface area (Å²) in [6.07, 6.45) is 0.685. The van der Waals surface area contributed by atoms with Crippen molar-refractivity contribution in [2.24, 2.45) is 5.92 Å². The Kier molecular flexibility index (Phi) is 9.79. The minimum Gasteiger partial charge on any atom is -0.507 e. The first-order chi connectivity index (χ1) is 20.8. The summed E-state index contributed by atoms with van der Waals surface area (Å²) >= 11 is 0. The molecule has 43 heavy (non-hydrogen) atoms. The summed E-state index contributed by atoms with van der Waals surface area (Å²) in [4.78, 5) is 31.0. The number of aliphatic hydroxyl groups excluding tert-OH is 1. The number of Topliss-reactive ketones (excluding diaryl/α,β-unsaturated/α-hetero) is 1. The SMILES string of the molecule is Cc1cc(OCC(C)C)ccc1C(O)=C1C(=O)C(=O)N(CCCN2CCOCC2)[C@H]1c1cccc(Oc2ccccc2)c1. The largest absolute Gasteiger partial charge is 0.507 e. The zero-order valence-electron chi connectivity index (χ0n) is 25.1. The summed E-state index contributed by atoms with van der Waals surface area (Å²) in [5.41, 5.74) is 2.00. The molecule has 2 aliphatic rings. The molecular formula is C35H40N2O6. The number of hydrogen-bond acceptors (Lipinski definition) is 7. The van der Waals surface area contributed by atoms with Crippen LogP contribution >= 0.6 is 0 Å². The van der Waals surface area contributed by atoms with Crippen LogP contribution in [0.1, 0.15) is 43.0 Å². The Labute approximate surface area is 253 Å². The van der Waals surface area contributed by atoms with E-state index in [1.807, 2.05) is 67.6 Å². The second-order valence-corrected chi connectivity index (χ2v) is 11.5. The molecule has 2 heterocycles. The maximum atomic E-state index is 13.6. The molecule has 0 bridgehead atoms. The summed E-state index contributed by atoms with van der Waals surface area (Å²) in [6.45, 7) is 10.8. The summed E-state index contributed by atoms with van der Waals surface area (Å²) in [6, 6.07) is 21.4. The highest BCUT2D eigenvalue weighted by Crippen LogP contribution is 2.41. The van der Waals surface area contributed by atoms with Crippen LogP contribution in [-0.2, 0) is 14.3 Å². The van der Waals surface area contributed by atoms with Crippen LogP contribution in [0.5, 0.6) is 17.2 Å². The monoisotopic (exact) mass is 584 g/mol. The molecule has 0 unspecified atom stereocenters. The van der Waals surface area contributed by atoms with Gasteiger partial charge in [-0.2, -0.15) is 0 Å². The van der Waals surface area contributed by atoms with E-state index < -0.39 is 17.7 Å². The number of aryl methyl sites for hydroxylation is 1. The van der Waals surface area contributed by atoms with Crippen LogP contribution in [0.15, 0.2) is 78.4 Å². The minimum atomic E-state index is -0.764. The first-order valence-corrected chi connectivity index (χ1v) is 15.0. The molecule has 1 N–H and O–H groups in total. The quantitative estimate of drug-likeness (QED) is 0.169. The number of carbonyl (C=O) groups is 2. The van der Waals surface area contributed by atoms with Crippen molar-refractivity contribution >= 4 is 17.4 Å². The molecule has 2 saturated heterocycles. The number of ketones is 1. The molecule has 2 aliphatic heterocycles. The molecule has 0 radical (unpaired) electrons. The lowest BCUT2D eigenvalue weighted by molar-refractivity contribution is -0.140. The van der Waals surface area contributed by atoms with Crippen molar-refractivity contribution in [3.63, 3.8) is 0 Å². The van der Waals surface area contributed by atoms with Crippen LogP contribution in [0, 0.1) is 12.8 Å². The van der Waals surface area contributed by atoms with E-state index in [9.17, 15) is 14.7 Å². The topological polar surface area (TPSA) is 88.5 Å². The lowest BCUT2D eigenvalue weighted by atomic mass is 9.93. The average molecular weight is 585 g/mol. The van der Waals surface area contributed by atoms with E-state index in [0.29, 0.717) is 67.1 Å². The molecule has 3 aromatic carbocycles. The molecule has 3 aromatic rings. The predicted molar refractivity (Wildman–Crippen MR) is 165 cm³/mol. The van der Waals surface area contributed by atoms with Crippen molar-refractivity contribution in [1.82, 2.24) is 9.80 Å². The van der Waals surface area contributed by atoms with Gasteiger partial charge in [0.15, 0.2) is 0 Å². The molecule has 0 spiro atoms. The van der Waals surface area contributed by atoms with Crippen LogP contribution in [0.2, 0.25) is 0 Å². The third kappa shape index (κ3) is 7.27. The van der Waals surface area contributed by atoms with E-state index in [4.69, 9.17) is 14.2 Å². The van der Waals surface area contributed by atoms with E-state index in [-0.39, 0.29) is 11.3 Å². The summed E-state index contributed by atoms with van der Waals surface area (Å²) in [7, 11) is 0. The van der Waals surface area contributed by atoms with Crippen molar-refractivity contribution < 1.29 is 28.9 Å². The van der Waals surface area contributed by atoms with Gasteiger partial charge in [0.1, 0.15) is 23.0 Å². The van der Waals surface area contributed by atoms with Crippen molar-refractivity contribution in [2.75, 3.05) is 46.0 Å². The van der Waals surface area contributed by atoms with E-state index in [1.165, 1.54) is 0 Å². The molecule has 8 nitrogen and oxygen atoms in total. The fourth-order valence-corrected chi connectivity index (χ4v) is 5.52. The number of morpholine rings is 1. The van der Waals surface area contributed by atoms with Crippen LogP contribution in [0.3, 0.4) is 0 Å². The van der Waals surface area contributed by atoms with Crippen molar-refractivity contribution in [1.29, 1.82) is 0 Å². The van der Waals surface area contributed by atoms with E-state index >= 15 is 0 Å². The van der Waals surface area contributed by atoms with Gasteiger partial charge in [-0.15, -0.1) is 0 Å². The summed E-state index contributed by atoms with van der Waals surface area (Å²) in [5.74, 6) is 0.810. The number of likely N-dealkylation sites (tertiary alicyclic amines) is 1. The standard InChI is InChI=1S/C35H40N2O6/c1-24(2)23-42-28-13-14-30(25(3)21-28)33(38)31-32(26-9-7-12-29(22-26)43-27-10-5-4-6-11-27)37(35(40)34(31)39)16-8-15-36-17-19-41-20-18-36/h4-7,9-14,21-22,24,32,38H,8,15-20,23H2,1-3H3/t32-/m0/s1. The molecule has 0 saturated carbocycles. The maximum absolute atomic E-state index is 13.6. The smallest absolute Gasteiger partial charge is 0.295 e. The Bertz CT molecular complexity index is 1460. The second-order valence-electron chi connectivity index (χ2n) is 11.5. The maximum Gasteiger partial charge on any atom is 0.295 e. The zero-order chi connectivity index (χ0) is 30.3. The Morgan fingerprint density at radius 2 is 1.67 bits per heavy atom. The second kappa shape index (κ2) is 13.9.